The van der Waals surface area contributed by atoms with Crippen LogP contribution in [0.15, 0.2) is 24.3 Å². The summed E-state index contributed by atoms with van der Waals surface area (Å²) in [5.74, 6) is -1.01. The minimum absolute atomic E-state index is 0.0565. The molecule has 0 radical (unpaired) electrons. The lowest BCUT2D eigenvalue weighted by Crippen LogP contribution is -2.34. The van der Waals surface area contributed by atoms with Crippen molar-refractivity contribution in [3.05, 3.63) is 29.8 Å². The van der Waals surface area contributed by atoms with Crippen molar-refractivity contribution in [2.75, 3.05) is 6.54 Å². The minimum Gasteiger partial charge on any atom is -0.481 e. The van der Waals surface area contributed by atoms with Crippen LogP contribution in [0.1, 0.15) is 63.4 Å². The Morgan fingerprint density at radius 2 is 1.97 bits per heavy atom. The zero-order valence-electron chi connectivity index (χ0n) is 17.4. The Bertz CT molecular complexity index is 725. The number of carboxylic acids is 1. The predicted molar refractivity (Wildman–Crippen MR) is 108 cm³/mol. The largest absolute Gasteiger partial charge is 0.573 e. The van der Waals surface area contributed by atoms with Gasteiger partial charge >= 0.3 is 12.3 Å². The summed E-state index contributed by atoms with van der Waals surface area (Å²) >= 11 is 0. The number of unbranched alkanes of at least 4 members (excludes halogenated alkanes) is 3. The van der Waals surface area contributed by atoms with Gasteiger partial charge in [0.25, 0.3) is 0 Å². The van der Waals surface area contributed by atoms with Crippen LogP contribution >= 0.6 is 0 Å². The van der Waals surface area contributed by atoms with Crippen molar-refractivity contribution in [3.63, 3.8) is 0 Å². The molecule has 1 amide bonds. The molecule has 0 aromatic heterocycles. The molecule has 2 atom stereocenters. The van der Waals surface area contributed by atoms with Crippen LogP contribution in [0.3, 0.4) is 0 Å². The summed E-state index contributed by atoms with van der Waals surface area (Å²) in [7, 11) is 0. The van der Waals surface area contributed by atoms with Crippen LogP contribution in [0.25, 0.3) is 0 Å². The standard InChI is InChI=1S/C22H30F3NO5/c23-22(24,25)31-19-7-5-6-16(15-19)14-18(27)11-9-17-10-12-20(28)26(17)13-4-2-1-3-8-21(29)30/h5-7,15,17-18,27H,1-4,8-14H2,(H,29,30)/t17-,18+/m0/s1. The van der Waals surface area contributed by atoms with E-state index in [0.717, 1.165) is 25.7 Å². The highest BCUT2D eigenvalue weighted by atomic mass is 19.4. The molecule has 1 aromatic rings. The third kappa shape index (κ3) is 9.59. The van der Waals surface area contributed by atoms with Gasteiger partial charge in [-0.25, -0.2) is 0 Å². The molecule has 0 spiro atoms. The van der Waals surface area contributed by atoms with E-state index in [2.05, 4.69) is 4.74 Å². The quantitative estimate of drug-likeness (QED) is 0.442. The fourth-order valence-corrected chi connectivity index (χ4v) is 3.94. The number of likely N-dealkylation sites (tertiary alicyclic amines) is 1. The summed E-state index contributed by atoms with van der Waals surface area (Å²) in [6, 6.07) is 5.64. The summed E-state index contributed by atoms with van der Waals surface area (Å²) in [6.07, 6.45) is 0.301. The fraction of sp³-hybridized carbons (Fsp3) is 0.636. The van der Waals surface area contributed by atoms with E-state index in [1.165, 1.54) is 18.2 Å². The molecule has 1 saturated heterocycles. The second-order valence-corrected chi connectivity index (χ2v) is 7.97. The van der Waals surface area contributed by atoms with E-state index in [1.807, 2.05) is 4.90 Å². The third-order valence-corrected chi connectivity index (χ3v) is 5.43. The number of carbonyl (C=O) groups is 2. The molecular formula is C22H30F3NO5. The first kappa shape index (κ1) is 25.0. The third-order valence-electron chi connectivity index (χ3n) is 5.43. The summed E-state index contributed by atoms with van der Waals surface area (Å²) in [5.41, 5.74) is 0.551. The van der Waals surface area contributed by atoms with Crippen LogP contribution in [0.5, 0.6) is 5.75 Å². The highest BCUT2D eigenvalue weighted by Crippen LogP contribution is 2.26. The lowest BCUT2D eigenvalue weighted by Gasteiger charge is -2.26. The molecule has 0 unspecified atom stereocenters. The van der Waals surface area contributed by atoms with Gasteiger partial charge in [0.15, 0.2) is 0 Å². The number of hydrogen-bond donors (Lipinski definition) is 2. The molecule has 1 fully saturated rings. The maximum Gasteiger partial charge on any atom is 0.573 e. The van der Waals surface area contributed by atoms with Crippen molar-refractivity contribution in [1.82, 2.24) is 4.90 Å². The number of amides is 1. The normalized spacial score (nSPS) is 17.7. The zero-order valence-corrected chi connectivity index (χ0v) is 17.4. The van der Waals surface area contributed by atoms with Gasteiger partial charge in [-0.05, 0) is 56.2 Å². The summed E-state index contributed by atoms with van der Waals surface area (Å²) in [6.45, 7) is 0.628. The molecule has 6 nitrogen and oxygen atoms in total. The lowest BCUT2D eigenvalue weighted by atomic mass is 10.00. The summed E-state index contributed by atoms with van der Waals surface area (Å²) in [4.78, 5) is 24.5. The first-order valence-corrected chi connectivity index (χ1v) is 10.7. The zero-order chi connectivity index (χ0) is 22.9. The number of carbonyl (C=O) groups excluding carboxylic acids is 1. The molecule has 2 rings (SSSR count). The van der Waals surface area contributed by atoms with Crippen molar-refractivity contribution in [2.45, 2.75) is 82.7 Å². The number of aliphatic hydroxyl groups is 1. The highest BCUT2D eigenvalue weighted by Gasteiger charge is 2.32. The highest BCUT2D eigenvalue weighted by molar-refractivity contribution is 5.78. The van der Waals surface area contributed by atoms with Gasteiger partial charge in [0.1, 0.15) is 5.75 Å². The van der Waals surface area contributed by atoms with E-state index in [1.54, 1.807) is 6.07 Å². The summed E-state index contributed by atoms with van der Waals surface area (Å²) < 4.78 is 41.0. The molecule has 0 aliphatic carbocycles. The Morgan fingerprint density at radius 1 is 1.23 bits per heavy atom. The SMILES string of the molecule is O=C(O)CCCCCCN1C(=O)CC[C@@H]1CC[C@@H](O)Cc1cccc(OC(F)(F)F)c1. The van der Waals surface area contributed by atoms with Crippen molar-refractivity contribution in [2.24, 2.45) is 0 Å². The first-order chi connectivity index (χ1) is 14.6. The van der Waals surface area contributed by atoms with E-state index in [9.17, 15) is 27.9 Å². The number of benzene rings is 1. The molecule has 1 aliphatic heterocycles. The molecule has 1 heterocycles. The Balaban J connectivity index is 1.74. The van der Waals surface area contributed by atoms with Crippen LogP contribution in [0.2, 0.25) is 0 Å². The van der Waals surface area contributed by atoms with E-state index < -0.39 is 18.4 Å². The van der Waals surface area contributed by atoms with E-state index in [4.69, 9.17) is 5.11 Å². The van der Waals surface area contributed by atoms with Gasteiger partial charge in [-0.15, -0.1) is 13.2 Å². The molecule has 0 bridgehead atoms. The minimum atomic E-state index is -4.76. The average molecular weight is 445 g/mol. The Morgan fingerprint density at radius 3 is 2.68 bits per heavy atom. The summed E-state index contributed by atoms with van der Waals surface area (Å²) in [5, 5.41) is 19.0. The molecule has 9 heteroatoms. The molecule has 31 heavy (non-hydrogen) atoms. The second kappa shape index (κ2) is 11.9. The van der Waals surface area contributed by atoms with Crippen LogP contribution in [-0.4, -0.2) is 52.0 Å². The maximum atomic E-state index is 12.4. The van der Waals surface area contributed by atoms with Gasteiger partial charge in [0.05, 0.1) is 6.10 Å². The van der Waals surface area contributed by atoms with Crippen LogP contribution in [-0.2, 0) is 16.0 Å². The van der Waals surface area contributed by atoms with Gasteiger partial charge in [0, 0.05) is 25.4 Å². The monoisotopic (exact) mass is 445 g/mol. The van der Waals surface area contributed by atoms with Crippen LogP contribution in [0.4, 0.5) is 13.2 Å². The molecule has 1 aliphatic rings. The van der Waals surface area contributed by atoms with Crippen LogP contribution in [0, 0.1) is 0 Å². The van der Waals surface area contributed by atoms with E-state index >= 15 is 0 Å². The molecule has 174 valence electrons. The second-order valence-electron chi connectivity index (χ2n) is 7.97. The lowest BCUT2D eigenvalue weighted by molar-refractivity contribution is -0.274. The number of aliphatic hydroxyl groups excluding tert-OH is 1. The van der Waals surface area contributed by atoms with Crippen LogP contribution < -0.4 is 4.74 Å². The van der Waals surface area contributed by atoms with E-state index in [0.29, 0.717) is 37.8 Å². The van der Waals surface area contributed by atoms with Gasteiger partial charge in [-0.1, -0.05) is 25.0 Å². The number of rotatable bonds is 13. The number of hydrogen-bond acceptors (Lipinski definition) is 4. The Kier molecular flexibility index (Phi) is 9.61. The van der Waals surface area contributed by atoms with Gasteiger partial charge in [-0.3, -0.25) is 9.59 Å². The smallest absolute Gasteiger partial charge is 0.481 e. The van der Waals surface area contributed by atoms with Crippen molar-refractivity contribution in [1.29, 1.82) is 0 Å². The van der Waals surface area contributed by atoms with Gasteiger partial charge in [0.2, 0.25) is 5.91 Å². The van der Waals surface area contributed by atoms with E-state index in [-0.39, 0.29) is 30.5 Å². The Hall–Kier alpha value is -2.29. The van der Waals surface area contributed by atoms with Crippen molar-refractivity contribution < 1.29 is 37.7 Å². The first-order valence-electron chi connectivity index (χ1n) is 10.7. The number of nitrogens with zero attached hydrogens (tertiary/aromatic N) is 1. The molecule has 1 aromatic carbocycles. The number of ether oxygens (including phenoxy) is 1. The maximum absolute atomic E-state index is 12.4. The topological polar surface area (TPSA) is 87.1 Å². The number of halogens is 3. The predicted octanol–water partition coefficient (Wildman–Crippen LogP) is 4.29. The van der Waals surface area contributed by atoms with Crippen molar-refractivity contribution in [3.8, 4) is 5.75 Å². The fourth-order valence-electron chi connectivity index (χ4n) is 3.94. The average Bonchev–Trinajstić information content (AvgIpc) is 3.01. The molecular weight excluding hydrogens is 415 g/mol. The van der Waals surface area contributed by atoms with Gasteiger partial charge < -0.3 is 19.8 Å². The molecule has 0 saturated carbocycles. The van der Waals surface area contributed by atoms with Gasteiger partial charge in [-0.2, -0.15) is 0 Å². The number of carboxylic acid groups (broad SMARTS) is 1. The Labute approximate surface area is 180 Å². The molecule has 2 N–H and O–H groups in total. The number of alkyl halides is 3. The number of aliphatic carboxylic acids is 1. The van der Waals surface area contributed by atoms with Crippen molar-refractivity contribution >= 4 is 11.9 Å².